The molecule has 2 fully saturated rings. The first-order chi connectivity index (χ1) is 16.3. The number of hydrogen-bond donors (Lipinski definition) is 1. The highest BCUT2D eigenvalue weighted by Crippen LogP contribution is 2.16. The number of pyridine rings is 1. The van der Waals surface area contributed by atoms with Crippen LogP contribution < -0.4 is 10.2 Å². The van der Waals surface area contributed by atoms with Crippen molar-refractivity contribution in [2.45, 2.75) is 26.9 Å². The number of anilines is 1. The largest absolute Gasteiger partial charge is 0.357 e. The molecule has 2 aliphatic heterocycles. The molecule has 3 heterocycles. The number of hydrogen-bond acceptors (Lipinski definition) is 5. The molecule has 0 unspecified atom stereocenters. The zero-order valence-corrected chi connectivity index (χ0v) is 20.3. The number of aromatic nitrogens is 1. The number of nitrogens with one attached hydrogen (secondary N) is 1. The van der Waals surface area contributed by atoms with Crippen molar-refractivity contribution >= 4 is 11.8 Å². The van der Waals surface area contributed by atoms with Gasteiger partial charge in [-0.05, 0) is 36.7 Å². The first-order valence-corrected chi connectivity index (χ1v) is 12.5. The van der Waals surface area contributed by atoms with Gasteiger partial charge in [-0.2, -0.15) is 0 Å². The molecule has 0 amide bonds. The van der Waals surface area contributed by atoms with E-state index >= 15 is 0 Å². The van der Waals surface area contributed by atoms with Crippen LogP contribution in [-0.4, -0.2) is 91.1 Å². The summed E-state index contributed by atoms with van der Waals surface area (Å²) < 4.78 is 0. The molecule has 0 radical (unpaired) electrons. The molecule has 0 saturated carbocycles. The molecule has 2 aromatic rings. The lowest BCUT2D eigenvalue weighted by molar-refractivity contribution is 0.131. The van der Waals surface area contributed by atoms with Crippen molar-refractivity contribution < 1.29 is 0 Å². The molecule has 2 saturated heterocycles. The minimum atomic E-state index is 0.716. The van der Waals surface area contributed by atoms with E-state index in [0.29, 0.717) is 6.54 Å². The number of guanidine groups is 1. The molecular weight excluding hydrogens is 410 g/mol. The average molecular weight is 450 g/mol. The SMILES string of the molecule is CCNC(=NCc1ccccc1CN1CCN(CC)CC1)N1CCN(c2ccccn2)CC1. The van der Waals surface area contributed by atoms with Crippen LogP contribution in [-0.2, 0) is 13.1 Å². The normalized spacial score (nSPS) is 18.5. The summed E-state index contributed by atoms with van der Waals surface area (Å²) in [6.45, 7) is 16.6. The quantitative estimate of drug-likeness (QED) is 0.518. The maximum absolute atomic E-state index is 5.05. The third kappa shape index (κ3) is 6.45. The van der Waals surface area contributed by atoms with Crippen LogP contribution in [0.1, 0.15) is 25.0 Å². The second kappa shape index (κ2) is 12.0. The standard InChI is InChI=1S/C26H39N7/c1-3-27-26(33-19-17-32(18-20-33)25-11-7-8-12-28-25)29-21-23-9-5-6-10-24(23)22-31-15-13-30(4-2)14-16-31/h5-12H,3-4,13-22H2,1-2H3,(H,27,29). The van der Waals surface area contributed by atoms with Gasteiger partial charge in [-0.3, -0.25) is 4.90 Å². The summed E-state index contributed by atoms with van der Waals surface area (Å²) >= 11 is 0. The summed E-state index contributed by atoms with van der Waals surface area (Å²) in [6, 6.07) is 14.9. The zero-order valence-electron chi connectivity index (χ0n) is 20.3. The minimum Gasteiger partial charge on any atom is -0.357 e. The van der Waals surface area contributed by atoms with Crippen LogP contribution in [0.4, 0.5) is 5.82 Å². The third-order valence-corrected chi connectivity index (χ3v) is 6.71. The molecule has 4 rings (SSSR count). The van der Waals surface area contributed by atoms with E-state index in [1.54, 1.807) is 0 Å². The van der Waals surface area contributed by atoms with E-state index in [1.165, 1.54) is 24.2 Å². The van der Waals surface area contributed by atoms with Gasteiger partial charge in [-0.1, -0.05) is 37.3 Å². The summed E-state index contributed by atoms with van der Waals surface area (Å²) in [4.78, 5) is 19.4. The van der Waals surface area contributed by atoms with Crippen molar-refractivity contribution in [2.75, 3.05) is 70.3 Å². The van der Waals surface area contributed by atoms with Gasteiger partial charge in [-0.25, -0.2) is 9.98 Å². The Balaban J connectivity index is 1.37. The molecule has 0 aliphatic carbocycles. The van der Waals surface area contributed by atoms with E-state index in [1.807, 2.05) is 12.3 Å². The number of likely N-dealkylation sites (N-methyl/N-ethyl adjacent to an activating group) is 1. The average Bonchev–Trinajstić information content (AvgIpc) is 2.88. The predicted molar refractivity (Wildman–Crippen MR) is 137 cm³/mol. The van der Waals surface area contributed by atoms with Gasteiger partial charge in [0.05, 0.1) is 6.54 Å². The predicted octanol–water partition coefficient (Wildman–Crippen LogP) is 2.51. The van der Waals surface area contributed by atoms with Crippen molar-refractivity contribution in [3.63, 3.8) is 0 Å². The second-order valence-electron chi connectivity index (χ2n) is 8.81. The van der Waals surface area contributed by atoms with Gasteiger partial charge >= 0.3 is 0 Å². The van der Waals surface area contributed by atoms with E-state index in [2.05, 4.69) is 80.1 Å². The van der Waals surface area contributed by atoms with Gasteiger partial charge < -0.3 is 20.0 Å². The van der Waals surface area contributed by atoms with Crippen molar-refractivity contribution in [1.29, 1.82) is 0 Å². The van der Waals surface area contributed by atoms with Gasteiger partial charge in [0.1, 0.15) is 5.82 Å². The van der Waals surface area contributed by atoms with Crippen LogP contribution in [0.25, 0.3) is 0 Å². The van der Waals surface area contributed by atoms with E-state index < -0.39 is 0 Å². The highest BCUT2D eigenvalue weighted by atomic mass is 15.4. The van der Waals surface area contributed by atoms with Gasteiger partial charge in [0.15, 0.2) is 5.96 Å². The first kappa shape index (κ1) is 23.5. The van der Waals surface area contributed by atoms with Crippen LogP contribution in [0.5, 0.6) is 0 Å². The Morgan fingerprint density at radius 1 is 0.848 bits per heavy atom. The number of piperazine rings is 2. The molecule has 2 aliphatic rings. The number of rotatable bonds is 7. The lowest BCUT2D eigenvalue weighted by Gasteiger charge is -2.37. The highest BCUT2D eigenvalue weighted by Gasteiger charge is 2.21. The van der Waals surface area contributed by atoms with Crippen LogP contribution in [0, 0.1) is 0 Å². The maximum atomic E-state index is 5.05. The Kier molecular flexibility index (Phi) is 8.55. The van der Waals surface area contributed by atoms with Gasteiger partial charge in [0.2, 0.25) is 0 Å². The van der Waals surface area contributed by atoms with Crippen molar-refractivity contribution in [1.82, 2.24) is 25.0 Å². The minimum absolute atomic E-state index is 0.716. The summed E-state index contributed by atoms with van der Waals surface area (Å²) in [7, 11) is 0. The Hall–Kier alpha value is -2.64. The molecule has 0 atom stereocenters. The Labute approximate surface area is 199 Å². The molecule has 1 aromatic carbocycles. The monoisotopic (exact) mass is 449 g/mol. The van der Waals surface area contributed by atoms with Crippen LogP contribution in [0.3, 0.4) is 0 Å². The fraction of sp³-hybridized carbons (Fsp3) is 0.538. The molecule has 7 heteroatoms. The summed E-state index contributed by atoms with van der Waals surface area (Å²) in [5.74, 6) is 2.08. The number of aliphatic imine (C=N–C) groups is 1. The summed E-state index contributed by atoms with van der Waals surface area (Å²) in [5, 5.41) is 3.52. The van der Waals surface area contributed by atoms with Crippen molar-refractivity contribution in [3.8, 4) is 0 Å². The van der Waals surface area contributed by atoms with Crippen molar-refractivity contribution in [2.24, 2.45) is 4.99 Å². The molecular formula is C26H39N7. The molecule has 0 bridgehead atoms. The van der Waals surface area contributed by atoms with Gasteiger partial charge in [0.25, 0.3) is 0 Å². The summed E-state index contributed by atoms with van der Waals surface area (Å²) in [6.07, 6.45) is 1.87. The van der Waals surface area contributed by atoms with Crippen LogP contribution in [0.15, 0.2) is 53.7 Å². The topological polar surface area (TPSA) is 50.2 Å². The summed E-state index contributed by atoms with van der Waals surface area (Å²) in [5.41, 5.74) is 2.74. The maximum Gasteiger partial charge on any atom is 0.194 e. The van der Waals surface area contributed by atoms with E-state index in [4.69, 9.17) is 4.99 Å². The zero-order chi connectivity index (χ0) is 22.9. The highest BCUT2D eigenvalue weighted by molar-refractivity contribution is 5.80. The third-order valence-electron chi connectivity index (χ3n) is 6.71. The molecule has 7 nitrogen and oxygen atoms in total. The number of nitrogens with zero attached hydrogens (tertiary/aromatic N) is 6. The Bertz CT molecular complexity index is 869. The number of benzene rings is 1. The molecule has 1 aromatic heterocycles. The van der Waals surface area contributed by atoms with Gasteiger partial charge in [-0.15, -0.1) is 0 Å². The van der Waals surface area contributed by atoms with Gasteiger partial charge in [0, 0.05) is 71.6 Å². The fourth-order valence-corrected chi connectivity index (χ4v) is 4.64. The molecule has 33 heavy (non-hydrogen) atoms. The first-order valence-electron chi connectivity index (χ1n) is 12.5. The molecule has 1 N–H and O–H groups in total. The van der Waals surface area contributed by atoms with Crippen LogP contribution in [0.2, 0.25) is 0 Å². The Morgan fingerprint density at radius 3 is 2.21 bits per heavy atom. The second-order valence-corrected chi connectivity index (χ2v) is 8.81. The van der Waals surface area contributed by atoms with Crippen molar-refractivity contribution in [3.05, 3.63) is 59.8 Å². The van der Waals surface area contributed by atoms with E-state index in [9.17, 15) is 0 Å². The Morgan fingerprint density at radius 2 is 1.55 bits per heavy atom. The van der Waals surface area contributed by atoms with E-state index in [-0.39, 0.29) is 0 Å². The lowest BCUT2D eigenvalue weighted by atomic mass is 10.1. The van der Waals surface area contributed by atoms with E-state index in [0.717, 1.165) is 70.7 Å². The van der Waals surface area contributed by atoms with Crippen LogP contribution >= 0.6 is 0 Å². The lowest BCUT2D eigenvalue weighted by Crippen LogP contribution is -2.52. The fourth-order valence-electron chi connectivity index (χ4n) is 4.64. The molecule has 178 valence electrons. The smallest absolute Gasteiger partial charge is 0.194 e. The molecule has 0 spiro atoms.